The Morgan fingerprint density at radius 1 is 1.20 bits per heavy atom. The molecule has 0 atom stereocenters. The fourth-order valence-corrected chi connectivity index (χ4v) is 1.82. The van der Waals surface area contributed by atoms with Crippen LogP contribution in [0.3, 0.4) is 0 Å². The van der Waals surface area contributed by atoms with Gasteiger partial charge in [-0.25, -0.2) is 4.79 Å². The average molecular weight is 265 g/mol. The number of hydrogen-bond acceptors (Lipinski definition) is 2. The number of rotatable bonds is 1. The molecule has 0 fully saturated rings. The molecule has 0 unspecified atom stereocenters. The van der Waals surface area contributed by atoms with Crippen LogP contribution in [0.1, 0.15) is 5.56 Å². The highest BCUT2D eigenvalue weighted by Crippen LogP contribution is 2.23. The van der Waals surface area contributed by atoms with Gasteiger partial charge >= 0.3 is 5.63 Å². The molecule has 15 heavy (non-hydrogen) atoms. The fraction of sp³-hybridized carbons (Fsp3) is 0.0833. The van der Waals surface area contributed by atoms with E-state index in [1.807, 2.05) is 31.2 Å². The minimum Gasteiger partial charge on any atom is -0.423 e. The smallest absolute Gasteiger partial charge is 0.337 e. The van der Waals surface area contributed by atoms with Crippen molar-refractivity contribution in [1.82, 2.24) is 0 Å². The molecule has 0 spiro atoms. The number of aryl methyl sites for hydroxylation is 1. The summed E-state index contributed by atoms with van der Waals surface area (Å²) in [7, 11) is 0. The van der Waals surface area contributed by atoms with E-state index in [0.29, 0.717) is 5.76 Å². The summed E-state index contributed by atoms with van der Waals surface area (Å²) < 4.78 is 5.87. The summed E-state index contributed by atoms with van der Waals surface area (Å²) in [5, 5.41) is 0. The molecule has 3 heteroatoms. The molecule has 76 valence electrons. The lowest BCUT2D eigenvalue weighted by Gasteiger charge is -2.03. The van der Waals surface area contributed by atoms with Crippen LogP contribution in [0.25, 0.3) is 11.3 Å². The molecule has 0 bridgehead atoms. The first-order valence-electron chi connectivity index (χ1n) is 4.53. The van der Waals surface area contributed by atoms with E-state index in [4.69, 9.17) is 4.42 Å². The van der Waals surface area contributed by atoms with Gasteiger partial charge in [-0.2, -0.15) is 0 Å². The molecule has 1 aromatic heterocycles. The van der Waals surface area contributed by atoms with E-state index in [9.17, 15) is 4.79 Å². The Hall–Kier alpha value is -1.35. The summed E-state index contributed by atoms with van der Waals surface area (Å²) in [6, 6.07) is 11.0. The van der Waals surface area contributed by atoms with Gasteiger partial charge in [0.05, 0.1) is 0 Å². The third kappa shape index (κ3) is 2.18. The summed E-state index contributed by atoms with van der Waals surface area (Å²) in [5.41, 5.74) is 1.68. The highest BCUT2D eigenvalue weighted by Gasteiger charge is 2.05. The maximum Gasteiger partial charge on any atom is 0.337 e. The van der Waals surface area contributed by atoms with Gasteiger partial charge in [0.2, 0.25) is 0 Å². The first-order chi connectivity index (χ1) is 7.16. The third-order valence-electron chi connectivity index (χ3n) is 2.15. The maximum atomic E-state index is 11.2. The Balaban J connectivity index is 2.64. The SMILES string of the molecule is Cc1ccccc1-c1cc(Br)cc(=O)o1. The van der Waals surface area contributed by atoms with Crippen molar-refractivity contribution < 1.29 is 4.42 Å². The molecule has 0 amide bonds. The van der Waals surface area contributed by atoms with Crippen molar-refractivity contribution in [2.75, 3.05) is 0 Å². The van der Waals surface area contributed by atoms with Crippen molar-refractivity contribution in [3.8, 4) is 11.3 Å². The summed E-state index contributed by atoms with van der Waals surface area (Å²) >= 11 is 3.27. The van der Waals surface area contributed by atoms with Crippen LogP contribution in [0.4, 0.5) is 0 Å². The van der Waals surface area contributed by atoms with Gasteiger partial charge in [0, 0.05) is 16.1 Å². The molecule has 0 aliphatic carbocycles. The molecule has 2 aromatic rings. The minimum absolute atomic E-state index is 0.345. The van der Waals surface area contributed by atoms with Crippen LogP contribution in [-0.4, -0.2) is 0 Å². The van der Waals surface area contributed by atoms with Crippen LogP contribution in [0.15, 0.2) is 50.1 Å². The molecule has 2 nitrogen and oxygen atoms in total. The Kier molecular flexibility index (Phi) is 2.73. The van der Waals surface area contributed by atoms with E-state index in [1.54, 1.807) is 6.07 Å². The van der Waals surface area contributed by atoms with E-state index in [2.05, 4.69) is 15.9 Å². The third-order valence-corrected chi connectivity index (χ3v) is 2.60. The van der Waals surface area contributed by atoms with Crippen molar-refractivity contribution in [3.05, 3.63) is 56.9 Å². The summed E-state index contributed by atoms with van der Waals surface area (Å²) in [5.74, 6) is 0.590. The van der Waals surface area contributed by atoms with E-state index >= 15 is 0 Å². The van der Waals surface area contributed by atoms with Gasteiger partial charge in [-0.15, -0.1) is 0 Å². The summed E-state index contributed by atoms with van der Waals surface area (Å²) in [6.07, 6.45) is 0. The van der Waals surface area contributed by atoms with Gasteiger partial charge in [0.25, 0.3) is 0 Å². The summed E-state index contributed by atoms with van der Waals surface area (Å²) in [6.45, 7) is 1.98. The second-order valence-corrected chi connectivity index (χ2v) is 4.19. The van der Waals surface area contributed by atoms with Gasteiger partial charge < -0.3 is 4.42 Å². The topological polar surface area (TPSA) is 30.2 Å². The van der Waals surface area contributed by atoms with Gasteiger partial charge in [-0.05, 0) is 18.6 Å². The van der Waals surface area contributed by atoms with Gasteiger partial charge in [0.1, 0.15) is 5.76 Å². The number of halogens is 1. The van der Waals surface area contributed by atoms with E-state index in [0.717, 1.165) is 15.6 Å². The molecule has 0 saturated heterocycles. The average Bonchev–Trinajstić information content (AvgIpc) is 2.16. The lowest BCUT2D eigenvalue weighted by atomic mass is 10.1. The molecule has 0 saturated carbocycles. The van der Waals surface area contributed by atoms with Gasteiger partial charge in [-0.3, -0.25) is 0 Å². The van der Waals surface area contributed by atoms with Gasteiger partial charge in [-0.1, -0.05) is 40.2 Å². The van der Waals surface area contributed by atoms with E-state index in [1.165, 1.54) is 6.07 Å². The Morgan fingerprint density at radius 3 is 2.60 bits per heavy atom. The van der Waals surface area contributed by atoms with Crippen LogP contribution >= 0.6 is 15.9 Å². The second kappa shape index (κ2) is 4.03. The van der Waals surface area contributed by atoms with Crippen molar-refractivity contribution in [1.29, 1.82) is 0 Å². The molecule has 0 N–H and O–H groups in total. The zero-order chi connectivity index (χ0) is 10.8. The molecule has 0 aliphatic heterocycles. The van der Waals surface area contributed by atoms with Crippen LogP contribution in [-0.2, 0) is 0 Å². The standard InChI is InChI=1S/C12H9BrO2/c1-8-4-2-3-5-10(8)11-6-9(13)7-12(14)15-11/h2-7H,1H3. The van der Waals surface area contributed by atoms with Crippen molar-refractivity contribution in [2.24, 2.45) is 0 Å². The van der Waals surface area contributed by atoms with Gasteiger partial charge in [0.15, 0.2) is 0 Å². The quantitative estimate of drug-likeness (QED) is 0.791. The van der Waals surface area contributed by atoms with Crippen LogP contribution in [0.2, 0.25) is 0 Å². The first-order valence-corrected chi connectivity index (χ1v) is 5.33. The Morgan fingerprint density at radius 2 is 1.93 bits per heavy atom. The number of benzene rings is 1. The van der Waals surface area contributed by atoms with E-state index in [-0.39, 0.29) is 5.63 Å². The van der Waals surface area contributed by atoms with Crippen molar-refractivity contribution >= 4 is 15.9 Å². The lowest BCUT2D eigenvalue weighted by Crippen LogP contribution is -1.97. The van der Waals surface area contributed by atoms with Crippen LogP contribution in [0.5, 0.6) is 0 Å². The normalized spacial score (nSPS) is 10.3. The minimum atomic E-state index is -0.345. The van der Waals surface area contributed by atoms with Crippen molar-refractivity contribution in [2.45, 2.75) is 6.92 Å². The molecule has 2 rings (SSSR count). The van der Waals surface area contributed by atoms with E-state index < -0.39 is 0 Å². The monoisotopic (exact) mass is 264 g/mol. The number of hydrogen-bond donors (Lipinski definition) is 0. The first kappa shape index (κ1) is 10.2. The zero-order valence-corrected chi connectivity index (χ0v) is 9.74. The predicted molar refractivity (Wildman–Crippen MR) is 62.9 cm³/mol. The molecule has 1 aromatic carbocycles. The van der Waals surface area contributed by atoms with Crippen molar-refractivity contribution in [3.63, 3.8) is 0 Å². The van der Waals surface area contributed by atoms with Crippen LogP contribution in [0, 0.1) is 6.92 Å². The maximum absolute atomic E-state index is 11.2. The highest BCUT2D eigenvalue weighted by atomic mass is 79.9. The van der Waals surface area contributed by atoms with Crippen LogP contribution < -0.4 is 5.63 Å². The molecule has 0 radical (unpaired) electrons. The predicted octanol–water partition coefficient (Wildman–Crippen LogP) is 3.38. The molecular weight excluding hydrogens is 256 g/mol. The summed E-state index contributed by atoms with van der Waals surface area (Å²) in [4.78, 5) is 11.2. The molecular formula is C12H9BrO2. The largest absolute Gasteiger partial charge is 0.423 e. The Labute approximate surface area is 95.7 Å². The molecule has 0 aliphatic rings. The molecule has 1 heterocycles. The fourth-order valence-electron chi connectivity index (χ4n) is 1.43. The zero-order valence-electron chi connectivity index (χ0n) is 8.16. The lowest BCUT2D eigenvalue weighted by molar-refractivity contribution is 0.524. The Bertz CT molecular complexity index is 543. The highest BCUT2D eigenvalue weighted by molar-refractivity contribution is 9.10. The second-order valence-electron chi connectivity index (χ2n) is 3.27.